The number of H-pyrrole nitrogens is 1. The number of benzene rings is 1. The fourth-order valence-electron chi connectivity index (χ4n) is 4.12. The van der Waals surface area contributed by atoms with Crippen LogP contribution in [0.25, 0.3) is 10.9 Å². The monoisotopic (exact) mass is 397 g/mol. The van der Waals surface area contributed by atoms with E-state index in [2.05, 4.69) is 15.3 Å². The summed E-state index contributed by atoms with van der Waals surface area (Å²) in [5.74, 6) is -0.0887. The normalized spacial score (nSPS) is 17.9. The molecule has 2 N–H and O–H groups in total. The van der Waals surface area contributed by atoms with Gasteiger partial charge >= 0.3 is 6.03 Å². The molecular weight excluding hydrogens is 374 g/mol. The zero-order valence-corrected chi connectivity index (χ0v) is 16.2. The molecule has 2 aliphatic rings. The van der Waals surface area contributed by atoms with Crippen LogP contribution in [-0.4, -0.2) is 56.7 Å². The number of nitrogens with zero attached hydrogens (tertiary/aromatic N) is 3. The molecular formula is C20H23N5O4. The zero-order valence-electron chi connectivity index (χ0n) is 16.2. The van der Waals surface area contributed by atoms with Crippen LogP contribution in [0.5, 0.6) is 0 Å². The van der Waals surface area contributed by atoms with E-state index in [-0.39, 0.29) is 36.9 Å². The van der Waals surface area contributed by atoms with Gasteiger partial charge in [-0.3, -0.25) is 19.3 Å². The van der Waals surface area contributed by atoms with E-state index in [1.54, 1.807) is 31.3 Å². The Labute approximate surface area is 167 Å². The van der Waals surface area contributed by atoms with Gasteiger partial charge in [0, 0.05) is 20.0 Å². The van der Waals surface area contributed by atoms with Gasteiger partial charge in [-0.1, -0.05) is 25.0 Å². The Morgan fingerprint density at radius 1 is 1.21 bits per heavy atom. The van der Waals surface area contributed by atoms with Crippen molar-refractivity contribution in [2.75, 3.05) is 13.6 Å². The number of rotatable bonds is 5. The Morgan fingerprint density at radius 2 is 1.93 bits per heavy atom. The van der Waals surface area contributed by atoms with Crippen molar-refractivity contribution in [1.29, 1.82) is 0 Å². The molecule has 4 rings (SSSR count). The first-order valence-electron chi connectivity index (χ1n) is 9.76. The van der Waals surface area contributed by atoms with Crippen LogP contribution in [0.15, 0.2) is 29.1 Å². The van der Waals surface area contributed by atoms with Crippen LogP contribution in [0.2, 0.25) is 0 Å². The summed E-state index contributed by atoms with van der Waals surface area (Å²) in [7, 11) is 1.60. The number of aromatic amines is 1. The van der Waals surface area contributed by atoms with E-state index in [1.807, 2.05) is 0 Å². The summed E-state index contributed by atoms with van der Waals surface area (Å²) >= 11 is 0. The molecule has 1 aromatic carbocycles. The number of hydrogen-bond acceptors (Lipinski definition) is 5. The molecule has 0 bridgehead atoms. The molecule has 1 saturated heterocycles. The van der Waals surface area contributed by atoms with Crippen LogP contribution in [0.1, 0.15) is 37.9 Å². The third-order valence-electron chi connectivity index (χ3n) is 5.73. The average Bonchev–Trinajstić information content (AvgIpc) is 3.25. The molecule has 9 heteroatoms. The minimum absolute atomic E-state index is 0.0174. The fraction of sp³-hybridized carbons (Fsp3) is 0.450. The standard InChI is InChI=1S/C20H23N5O4/c1-24(12-15-21-14-7-3-2-6-13(14)17(27)22-15)16(26)8-11-25-18(28)20(23-19(25)29)9-4-5-10-20/h2-3,6-7H,4-5,8-12H2,1H3,(H,23,29)(H,21,22,27). The molecule has 0 atom stereocenters. The Bertz CT molecular complexity index is 1040. The highest BCUT2D eigenvalue weighted by molar-refractivity contribution is 6.07. The second kappa shape index (κ2) is 7.31. The van der Waals surface area contributed by atoms with Crippen LogP contribution in [0.3, 0.4) is 0 Å². The van der Waals surface area contributed by atoms with Crippen molar-refractivity contribution in [2.45, 2.75) is 44.2 Å². The van der Waals surface area contributed by atoms with Crippen LogP contribution >= 0.6 is 0 Å². The number of urea groups is 1. The van der Waals surface area contributed by atoms with Crippen molar-refractivity contribution in [3.8, 4) is 0 Å². The number of hydrogen-bond donors (Lipinski definition) is 2. The molecule has 9 nitrogen and oxygen atoms in total. The van der Waals surface area contributed by atoms with Crippen molar-refractivity contribution < 1.29 is 14.4 Å². The number of aromatic nitrogens is 2. The molecule has 2 aromatic rings. The molecule has 0 unspecified atom stereocenters. The first-order valence-corrected chi connectivity index (χ1v) is 9.76. The lowest BCUT2D eigenvalue weighted by molar-refractivity contribution is -0.133. The summed E-state index contributed by atoms with van der Waals surface area (Å²) in [6.45, 7) is 0.167. The Balaban J connectivity index is 1.38. The lowest BCUT2D eigenvalue weighted by Gasteiger charge is -2.21. The quantitative estimate of drug-likeness (QED) is 0.734. The van der Waals surface area contributed by atoms with E-state index in [0.29, 0.717) is 29.6 Å². The molecule has 1 aliphatic carbocycles. The van der Waals surface area contributed by atoms with Crippen molar-refractivity contribution in [1.82, 2.24) is 25.1 Å². The highest BCUT2D eigenvalue weighted by Gasteiger charge is 2.52. The van der Waals surface area contributed by atoms with E-state index in [4.69, 9.17) is 0 Å². The van der Waals surface area contributed by atoms with Crippen LogP contribution < -0.4 is 10.9 Å². The van der Waals surface area contributed by atoms with Crippen LogP contribution in [0, 0.1) is 0 Å². The Hall–Kier alpha value is -3.23. The topological polar surface area (TPSA) is 115 Å². The molecule has 29 heavy (non-hydrogen) atoms. The summed E-state index contributed by atoms with van der Waals surface area (Å²) in [5, 5.41) is 3.30. The van der Waals surface area contributed by atoms with Gasteiger partial charge in [-0.2, -0.15) is 0 Å². The molecule has 2 heterocycles. The molecule has 0 radical (unpaired) electrons. The number of fused-ring (bicyclic) bond motifs is 1. The van der Waals surface area contributed by atoms with Gasteiger partial charge in [0.05, 0.1) is 17.4 Å². The number of nitrogens with one attached hydrogen (secondary N) is 2. The van der Waals surface area contributed by atoms with E-state index in [9.17, 15) is 19.2 Å². The molecule has 1 aromatic heterocycles. The Morgan fingerprint density at radius 3 is 2.69 bits per heavy atom. The number of carbonyl (C=O) groups excluding carboxylic acids is 3. The van der Waals surface area contributed by atoms with Gasteiger partial charge in [0.2, 0.25) is 5.91 Å². The van der Waals surface area contributed by atoms with Crippen molar-refractivity contribution >= 4 is 28.7 Å². The maximum Gasteiger partial charge on any atom is 0.325 e. The molecule has 1 aliphatic heterocycles. The van der Waals surface area contributed by atoms with Gasteiger partial charge < -0.3 is 15.2 Å². The van der Waals surface area contributed by atoms with E-state index < -0.39 is 11.6 Å². The largest absolute Gasteiger partial charge is 0.338 e. The Kier molecular flexibility index (Phi) is 4.81. The summed E-state index contributed by atoms with van der Waals surface area (Å²) in [6.07, 6.45) is 3.16. The third kappa shape index (κ3) is 3.48. The summed E-state index contributed by atoms with van der Waals surface area (Å²) < 4.78 is 0. The zero-order chi connectivity index (χ0) is 20.6. The highest BCUT2D eigenvalue weighted by atomic mass is 16.2. The molecule has 152 valence electrons. The molecule has 4 amide bonds. The molecule has 2 fully saturated rings. The maximum atomic E-state index is 12.6. The third-order valence-corrected chi connectivity index (χ3v) is 5.73. The minimum atomic E-state index is -0.763. The lowest BCUT2D eigenvalue weighted by Crippen LogP contribution is -2.44. The number of para-hydroxylation sites is 1. The highest BCUT2D eigenvalue weighted by Crippen LogP contribution is 2.35. The van der Waals surface area contributed by atoms with E-state index in [1.165, 1.54) is 4.90 Å². The maximum absolute atomic E-state index is 12.6. The van der Waals surface area contributed by atoms with E-state index in [0.717, 1.165) is 17.7 Å². The summed E-state index contributed by atoms with van der Waals surface area (Å²) in [5.41, 5.74) is -0.457. The van der Waals surface area contributed by atoms with E-state index >= 15 is 0 Å². The van der Waals surface area contributed by atoms with Gasteiger partial charge in [0.1, 0.15) is 11.4 Å². The number of imide groups is 1. The molecule has 1 saturated carbocycles. The predicted octanol–water partition coefficient (Wildman–Crippen LogP) is 1.14. The van der Waals surface area contributed by atoms with Gasteiger partial charge in [0.15, 0.2) is 0 Å². The first kappa shape index (κ1) is 19.1. The molecule has 1 spiro atoms. The van der Waals surface area contributed by atoms with Gasteiger partial charge in [0.25, 0.3) is 11.5 Å². The second-order valence-corrected chi connectivity index (χ2v) is 7.71. The van der Waals surface area contributed by atoms with Crippen LogP contribution in [0.4, 0.5) is 4.79 Å². The summed E-state index contributed by atoms with van der Waals surface area (Å²) in [6, 6.07) is 6.57. The summed E-state index contributed by atoms with van der Waals surface area (Å²) in [4.78, 5) is 59.2. The SMILES string of the molecule is CN(Cc1nc2ccccc2c(=O)[nH]1)C(=O)CCN1C(=O)NC2(CCCC2)C1=O. The second-order valence-electron chi connectivity index (χ2n) is 7.71. The smallest absolute Gasteiger partial charge is 0.325 e. The number of amides is 4. The van der Waals surface area contributed by atoms with Crippen LogP contribution in [-0.2, 0) is 16.1 Å². The van der Waals surface area contributed by atoms with Crippen molar-refractivity contribution in [3.63, 3.8) is 0 Å². The minimum Gasteiger partial charge on any atom is -0.338 e. The number of carbonyl (C=O) groups is 3. The average molecular weight is 397 g/mol. The van der Waals surface area contributed by atoms with Crippen molar-refractivity contribution in [2.24, 2.45) is 0 Å². The van der Waals surface area contributed by atoms with Gasteiger partial charge in [-0.25, -0.2) is 9.78 Å². The fourth-order valence-corrected chi connectivity index (χ4v) is 4.12. The predicted molar refractivity (Wildman–Crippen MR) is 105 cm³/mol. The van der Waals surface area contributed by atoms with Gasteiger partial charge in [-0.05, 0) is 25.0 Å². The lowest BCUT2D eigenvalue weighted by atomic mass is 9.98. The first-order chi connectivity index (χ1) is 13.9. The van der Waals surface area contributed by atoms with Gasteiger partial charge in [-0.15, -0.1) is 0 Å². The van der Waals surface area contributed by atoms with Crippen molar-refractivity contribution in [3.05, 3.63) is 40.4 Å².